The van der Waals surface area contributed by atoms with Crippen LogP contribution in [0, 0.1) is 0 Å². The minimum atomic E-state index is -0.266. The van der Waals surface area contributed by atoms with Gasteiger partial charge in [-0.15, -0.1) is 10.2 Å². The van der Waals surface area contributed by atoms with Crippen molar-refractivity contribution < 1.29 is 18.8 Å². The first-order valence-electron chi connectivity index (χ1n) is 13.1. The van der Waals surface area contributed by atoms with Gasteiger partial charge in [-0.3, -0.25) is 9.59 Å². The number of carbonyl (C=O) groups is 2. The number of aromatic nitrogens is 4. The Balaban J connectivity index is 1.27. The molecule has 2 aliphatic heterocycles. The van der Waals surface area contributed by atoms with Crippen molar-refractivity contribution in [1.29, 1.82) is 0 Å². The van der Waals surface area contributed by atoms with Crippen LogP contribution >= 0.6 is 11.3 Å². The highest BCUT2D eigenvalue weighted by molar-refractivity contribution is 7.14. The number of nitrogens with zero attached hydrogens (tertiary/aromatic N) is 5. The molecule has 10 nitrogen and oxygen atoms in total. The molecule has 2 aliphatic rings. The lowest BCUT2D eigenvalue weighted by Crippen LogP contribution is -2.24. The number of ether oxygens (including phenoxy) is 1. The van der Waals surface area contributed by atoms with Crippen molar-refractivity contribution in [3.63, 3.8) is 0 Å². The highest BCUT2D eigenvalue weighted by Gasteiger charge is 2.28. The number of nitrogens with one attached hydrogen (secondary N) is 1. The average Bonchev–Trinajstić information content (AvgIpc) is 3.74. The minimum absolute atomic E-state index is 0.0197. The van der Waals surface area contributed by atoms with Crippen molar-refractivity contribution in [2.45, 2.75) is 58.0 Å². The highest BCUT2D eigenvalue weighted by atomic mass is 32.1. The Labute approximate surface area is 229 Å². The molecule has 4 aromatic rings. The molecule has 39 heavy (non-hydrogen) atoms. The van der Waals surface area contributed by atoms with E-state index in [9.17, 15) is 9.59 Å². The van der Waals surface area contributed by atoms with Crippen molar-refractivity contribution in [2.75, 3.05) is 6.54 Å². The summed E-state index contributed by atoms with van der Waals surface area (Å²) in [6.45, 7) is 5.40. The summed E-state index contributed by atoms with van der Waals surface area (Å²) >= 11 is 1.59. The molecule has 1 atom stereocenters. The van der Waals surface area contributed by atoms with E-state index >= 15 is 0 Å². The summed E-state index contributed by atoms with van der Waals surface area (Å²) < 4.78 is 11.8. The second kappa shape index (κ2) is 10.6. The first-order chi connectivity index (χ1) is 18.9. The van der Waals surface area contributed by atoms with E-state index in [1.807, 2.05) is 47.4 Å². The van der Waals surface area contributed by atoms with Gasteiger partial charge in [-0.05, 0) is 43.2 Å². The maximum Gasteiger partial charge on any atom is 0.249 e. The second-order valence-corrected chi connectivity index (χ2v) is 11.1. The van der Waals surface area contributed by atoms with Crippen LogP contribution in [-0.2, 0) is 16.1 Å². The molecular weight excluding hydrogens is 516 g/mol. The van der Waals surface area contributed by atoms with E-state index in [1.54, 1.807) is 11.3 Å². The van der Waals surface area contributed by atoms with Gasteiger partial charge in [0.15, 0.2) is 0 Å². The van der Waals surface area contributed by atoms with Crippen LogP contribution in [-0.4, -0.2) is 43.6 Å². The van der Waals surface area contributed by atoms with Crippen LogP contribution in [0.25, 0.3) is 22.0 Å². The molecule has 0 aliphatic carbocycles. The van der Waals surface area contributed by atoms with E-state index in [4.69, 9.17) is 9.26 Å². The average molecular weight is 545 g/mol. The molecule has 2 aromatic heterocycles. The summed E-state index contributed by atoms with van der Waals surface area (Å²) in [6.07, 6.45) is 2.51. The predicted molar refractivity (Wildman–Crippen MR) is 144 cm³/mol. The summed E-state index contributed by atoms with van der Waals surface area (Å²) in [6, 6.07) is 13.2. The van der Waals surface area contributed by atoms with Gasteiger partial charge in [-0.1, -0.05) is 42.5 Å². The van der Waals surface area contributed by atoms with Crippen LogP contribution in [0.15, 0.2) is 47.0 Å². The van der Waals surface area contributed by atoms with Gasteiger partial charge in [0, 0.05) is 48.5 Å². The molecule has 1 unspecified atom stereocenters. The third kappa shape index (κ3) is 5.40. The van der Waals surface area contributed by atoms with Gasteiger partial charge in [-0.25, -0.2) is 0 Å². The zero-order chi connectivity index (χ0) is 26.9. The van der Waals surface area contributed by atoms with E-state index in [2.05, 4.69) is 39.5 Å². The number of amides is 2. The standard InChI is InChI=1S/C28H28N6O4S/c1-16(2)27-31-32-28(39-27)17-7-9-20(10-8-17)37-22-14-18(5-6-19(22)15-34-13-3-4-24(34)36)25-30-26(38-33-25)21-11-12-23(35)29-21/h5-10,14,16,21H,3-4,11-13,15H2,1-2H3,(H,29,35). The third-order valence-electron chi connectivity index (χ3n) is 6.86. The first-order valence-corrected chi connectivity index (χ1v) is 13.9. The number of likely N-dealkylation sites (tertiary alicyclic amines) is 1. The lowest BCUT2D eigenvalue weighted by atomic mass is 10.1. The maximum absolute atomic E-state index is 12.3. The van der Waals surface area contributed by atoms with Crippen LogP contribution in [0.2, 0.25) is 0 Å². The molecule has 6 rings (SSSR count). The van der Waals surface area contributed by atoms with E-state index in [0.717, 1.165) is 34.1 Å². The first kappa shape index (κ1) is 25.2. The molecule has 0 saturated carbocycles. The molecule has 1 N–H and O–H groups in total. The molecule has 200 valence electrons. The molecule has 0 bridgehead atoms. The minimum Gasteiger partial charge on any atom is -0.457 e. The smallest absolute Gasteiger partial charge is 0.249 e. The zero-order valence-electron chi connectivity index (χ0n) is 21.7. The van der Waals surface area contributed by atoms with Crippen LogP contribution in [0.5, 0.6) is 11.5 Å². The van der Waals surface area contributed by atoms with E-state index < -0.39 is 0 Å². The Morgan fingerprint density at radius 2 is 1.92 bits per heavy atom. The van der Waals surface area contributed by atoms with Gasteiger partial charge < -0.3 is 19.5 Å². The molecule has 2 fully saturated rings. The summed E-state index contributed by atoms with van der Waals surface area (Å²) in [5.74, 6) is 2.52. The van der Waals surface area contributed by atoms with Crippen molar-refractivity contribution in [3.05, 3.63) is 58.9 Å². The molecule has 2 aromatic carbocycles. The van der Waals surface area contributed by atoms with Gasteiger partial charge in [0.1, 0.15) is 27.6 Å². The Morgan fingerprint density at radius 1 is 1.10 bits per heavy atom. The van der Waals surface area contributed by atoms with Crippen molar-refractivity contribution in [2.24, 2.45) is 0 Å². The lowest BCUT2D eigenvalue weighted by Gasteiger charge is -2.19. The fourth-order valence-corrected chi connectivity index (χ4v) is 5.52. The summed E-state index contributed by atoms with van der Waals surface area (Å²) in [4.78, 5) is 30.3. The maximum atomic E-state index is 12.3. The fourth-order valence-electron chi connectivity index (χ4n) is 4.67. The topological polar surface area (TPSA) is 123 Å². The summed E-state index contributed by atoms with van der Waals surface area (Å²) in [5.41, 5.74) is 2.57. The number of hydrogen-bond acceptors (Lipinski definition) is 9. The Kier molecular flexibility index (Phi) is 6.82. The SMILES string of the molecule is CC(C)c1nnc(-c2ccc(Oc3cc(-c4noc(C5CCC(=O)N5)n4)ccc3CN3CCCC3=O)cc2)s1. The van der Waals surface area contributed by atoms with E-state index in [-0.39, 0.29) is 17.9 Å². The lowest BCUT2D eigenvalue weighted by molar-refractivity contribution is -0.128. The molecule has 0 spiro atoms. The monoisotopic (exact) mass is 544 g/mol. The third-order valence-corrected chi connectivity index (χ3v) is 8.13. The highest BCUT2D eigenvalue weighted by Crippen LogP contribution is 2.34. The number of hydrogen-bond donors (Lipinski definition) is 1. The molecule has 2 saturated heterocycles. The van der Waals surface area contributed by atoms with Gasteiger partial charge in [-0.2, -0.15) is 4.98 Å². The normalized spacial score (nSPS) is 17.3. The van der Waals surface area contributed by atoms with E-state index in [0.29, 0.717) is 60.5 Å². The van der Waals surface area contributed by atoms with Crippen molar-refractivity contribution in [3.8, 4) is 33.5 Å². The van der Waals surface area contributed by atoms with Crippen LogP contribution < -0.4 is 10.1 Å². The zero-order valence-corrected chi connectivity index (χ0v) is 22.5. The summed E-state index contributed by atoms with van der Waals surface area (Å²) in [5, 5.41) is 17.5. The number of carbonyl (C=O) groups excluding carboxylic acids is 2. The molecule has 2 amide bonds. The van der Waals surface area contributed by atoms with Gasteiger partial charge in [0.2, 0.25) is 23.5 Å². The van der Waals surface area contributed by atoms with Gasteiger partial charge >= 0.3 is 0 Å². The number of rotatable bonds is 8. The molecule has 4 heterocycles. The van der Waals surface area contributed by atoms with Crippen molar-refractivity contribution in [1.82, 2.24) is 30.6 Å². The van der Waals surface area contributed by atoms with Crippen LogP contribution in [0.1, 0.15) is 68.0 Å². The quantitative estimate of drug-likeness (QED) is 0.319. The molecule has 11 heteroatoms. The second-order valence-electron chi connectivity index (χ2n) is 10.1. The van der Waals surface area contributed by atoms with Gasteiger partial charge in [0.05, 0.1) is 0 Å². The van der Waals surface area contributed by atoms with Crippen LogP contribution in [0.4, 0.5) is 0 Å². The number of benzene rings is 2. The Hall–Kier alpha value is -4.12. The Bertz CT molecular complexity index is 1510. The predicted octanol–water partition coefficient (Wildman–Crippen LogP) is 5.24. The molecular formula is C28H28N6O4S. The van der Waals surface area contributed by atoms with E-state index in [1.165, 1.54) is 0 Å². The van der Waals surface area contributed by atoms with Gasteiger partial charge in [0.25, 0.3) is 0 Å². The largest absolute Gasteiger partial charge is 0.457 e. The summed E-state index contributed by atoms with van der Waals surface area (Å²) in [7, 11) is 0. The fraction of sp³-hybridized carbons (Fsp3) is 0.357. The van der Waals surface area contributed by atoms with Crippen molar-refractivity contribution >= 4 is 23.2 Å². The van der Waals surface area contributed by atoms with Crippen LogP contribution in [0.3, 0.4) is 0 Å². The Morgan fingerprint density at radius 3 is 2.62 bits per heavy atom. The molecule has 0 radical (unpaired) electrons.